The fourth-order valence-corrected chi connectivity index (χ4v) is 16.6. The zero-order valence-corrected chi connectivity index (χ0v) is 45.3. The molecule has 4 saturated carbocycles. The number of fused-ring (bicyclic) bond motifs is 7. The van der Waals surface area contributed by atoms with Gasteiger partial charge in [-0.1, -0.05) is 67.0 Å². The van der Waals surface area contributed by atoms with Gasteiger partial charge in [0.1, 0.15) is 85.5 Å². The van der Waals surface area contributed by atoms with Crippen LogP contribution in [0.5, 0.6) is 0 Å². The van der Waals surface area contributed by atoms with Gasteiger partial charge < -0.3 is 104 Å². The zero-order chi connectivity index (χ0) is 55.7. The first-order valence-corrected chi connectivity index (χ1v) is 27.6. The second-order valence-corrected chi connectivity index (χ2v) is 26.6. The molecule has 0 amide bonds. The van der Waals surface area contributed by atoms with Crippen LogP contribution in [0.25, 0.3) is 0 Å². The molecule has 0 aromatic rings. The normalized spacial score (nSPS) is 55.0. The Balaban J connectivity index is 0.964. The molecule has 0 unspecified atom stereocenters. The third-order valence-corrected chi connectivity index (χ3v) is 21.5. The fourth-order valence-electron chi connectivity index (χ4n) is 16.6. The van der Waals surface area contributed by atoms with Crippen LogP contribution in [0, 0.1) is 50.2 Å². The van der Waals surface area contributed by atoms with Crippen LogP contribution >= 0.6 is 0 Å². The van der Waals surface area contributed by atoms with Gasteiger partial charge in [-0.2, -0.15) is 0 Å². The first kappa shape index (κ1) is 59.0. The van der Waals surface area contributed by atoms with Crippen molar-refractivity contribution in [1.82, 2.24) is 0 Å². The summed E-state index contributed by atoms with van der Waals surface area (Å²) in [7, 11) is 0. The van der Waals surface area contributed by atoms with Crippen LogP contribution in [0.15, 0.2) is 11.6 Å². The fraction of sp³-hybridized carbons (Fsp3) is 0.944. The summed E-state index contributed by atoms with van der Waals surface area (Å²) in [6.45, 7) is 18.3. The van der Waals surface area contributed by atoms with Crippen LogP contribution in [-0.2, 0) is 42.7 Å². The first-order valence-electron chi connectivity index (χ1n) is 27.6. The van der Waals surface area contributed by atoms with Crippen molar-refractivity contribution < 1.29 is 109 Å². The molecule has 0 aromatic carbocycles. The second-order valence-electron chi connectivity index (χ2n) is 26.6. The molecule has 22 nitrogen and oxygen atoms in total. The Morgan fingerprint density at radius 1 is 0.553 bits per heavy atom. The molecule has 4 heterocycles. The van der Waals surface area contributed by atoms with E-state index in [-0.39, 0.29) is 50.9 Å². The Bertz CT molecular complexity index is 2110. The van der Waals surface area contributed by atoms with E-state index in [1.807, 2.05) is 0 Å². The molecule has 13 N–H and O–H groups in total. The number of carboxylic acids is 1. The lowest BCUT2D eigenvalue weighted by Gasteiger charge is -2.72. The molecule has 8 fully saturated rings. The zero-order valence-electron chi connectivity index (χ0n) is 45.3. The van der Waals surface area contributed by atoms with Gasteiger partial charge in [-0.3, -0.25) is 0 Å². The van der Waals surface area contributed by atoms with Crippen LogP contribution in [0.4, 0.5) is 0 Å². The molecule has 9 rings (SSSR count). The van der Waals surface area contributed by atoms with E-state index in [1.165, 1.54) is 12.5 Å². The quantitative estimate of drug-likeness (QED) is 0.0921. The van der Waals surface area contributed by atoms with E-state index in [2.05, 4.69) is 61.5 Å². The summed E-state index contributed by atoms with van der Waals surface area (Å²) >= 11 is 0. The van der Waals surface area contributed by atoms with Gasteiger partial charge in [-0.15, -0.1) is 0 Å². The maximum Gasteiger partial charge on any atom is 0.335 e. The molecule has 0 radical (unpaired) electrons. The lowest BCUT2D eigenvalue weighted by atomic mass is 9.33. The van der Waals surface area contributed by atoms with Gasteiger partial charge in [0.25, 0.3) is 0 Å². The highest BCUT2D eigenvalue weighted by Crippen LogP contribution is 2.76. The minimum Gasteiger partial charge on any atom is -0.479 e. The summed E-state index contributed by atoms with van der Waals surface area (Å²) in [5.41, 5.74) is -0.244. The summed E-state index contributed by atoms with van der Waals surface area (Å²) in [4.78, 5) is 12.6. The topological polar surface area (TPSA) is 354 Å². The average Bonchev–Trinajstić information content (AvgIpc) is 3.54. The molecule has 76 heavy (non-hydrogen) atoms. The Morgan fingerprint density at radius 2 is 1.09 bits per heavy atom. The van der Waals surface area contributed by atoms with Crippen LogP contribution in [0.3, 0.4) is 0 Å². The Morgan fingerprint density at radius 3 is 1.71 bits per heavy atom. The van der Waals surface area contributed by atoms with E-state index in [0.717, 1.165) is 38.5 Å². The Hall–Kier alpha value is -1.59. The highest BCUT2D eigenvalue weighted by Gasteiger charge is 2.70. The number of hydrogen-bond donors (Lipinski definition) is 13. The second kappa shape index (κ2) is 21.0. The van der Waals surface area contributed by atoms with Gasteiger partial charge in [-0.05, 0) is 110 Å². The molecule has 0 bridgehead atoms. The lowest BCUT2D eigenvalue weighted by Crippen LogP contribution is -2.68. The summed E-state index contributed by atoms with van der Waals surface area (Å²) < 4.78 is 49.1. The van der Waals surface area contributed by atoms with E-state index < -0.39 is 154 Å². The highest BCUT2D eigenvalue weighted by atomic mass is 16.8. The van der Waals surface area contributed by atoms with Crippen molar-refractivity contribution >= 4 is 5.97 Å². The molecule has 4 saturated heterocycles. The van der Waals surface area contributed by atoms with Gasteiger partial charge in [0.2, 0.25) is 0 Å². The van der Waals surface area contributed by atoms with Gasteiger partial charge >= 0.3 is 5.97 Å². The predicted octanol–water partition coefficient (Wildman–Crippen LogP) is -0.444. The van der Waals surface area contributed by atoms with Crippen LogP contribution in [-0.4, -0.2) is 221 Å². The molecule has 29 atom stereocenters. The van der Waals surface area contributed by atoms with Crippen molar-refractivity contribution in [3.05, 3.63) is 11.6 Å². The number of aliphatic carboxylic acids is 1. The Kier molecular flexibility index (Phi) is 16.3. The molecular formula is C54H88O22. The summed E-state index contributed by atoms with van der Waals surface area (Å²) in [6.07, 6.45) is -24.4. The molecule has 4 aliphatic heterocycles. The largest absolute Gasteiger partial charge is 0.479 e. The first-order chi connectivity index (χ1) is 35.4. The minimum absolute atomic E-state index is 0.0718. The van der Waals surface area contributed by atoms with Crippen molar-refractivity contribution in [2.45, 2.75) is 255 Å². The number of aliphatic hydroxyl groups excluding tert-OH is 12. The third kappa shape index (κ3) is 9.47. The number of carboxylic acid groups (broad SMARTS) is 1. The van der Waals surface area contributed by atoms with E-state index in [4.69, 9.17) is 37.9 Å². The maximum absolute atomic E-state index is 12.6. The monoisotopic (exact) mass is 1090 g/mol. The van der Waals surface area contributed by atoms with Gasteiger partial charge in [0.05, 0.1) is 31.5 Å². The van der Waals surface area contributed by atoms with Crippen molar-refractivity contribution in [3.8, 4) is 0 Å². The van der Waals surface area contributed by atoms with Crippen molar-refractivity contribution in [2.75, 3.05) is 13.2 Å². The molecule has 0 aromatic heterocycles. The van der Waals surface area contributed by atoms with E-state index in [9.17, 15) is 71.2 Å². The maximum atomic E-state index is 12.6. The van der Waals surface area contributed by atoms with Gasteiger partial charge in [-0.25, -0.2) is 4.79 Å². The molecule has 0 spiro atoms. The Labute approximate surface area is 444 Å². The molecule has 9 aliphatic rings. The number of ether oxygens (including phenoxy) is 8. The van der Waals surface area contributed by atoms with Crippen LogP contribution in [0.1, 0.15) is 120 Å². The van der Waals surface area contributed by atoms with Crippen molar-refractivity contribution in [1.29, 1.82) is 0 Å². The molecule has 5 aliphatic carbocycles. The summed E-state index contributed by atoms with van der Waals surface area (Å²) in [6, 6.07) is 0. The third-order valence-electron chi connectivity index (χ3n) is 21.5. The number of hydrogen-bond acceptors (Lipinski definition) is 21. The van der Waals surface area contributed by atoms with Crippen LogP contribution < -0.4 is 0 Å². The number of carbonyl (C=O) groups is 1. The van der Waals surface area contributed by atoms with Crippen molar-refractivity contribution in [3.63, 3.8) is 0 Å². The summed E-state index contributed by atoms with van der Waals surface area (Å²) in [5, 5.41) is 139. The smallest absolute Gasteiger partial charge is 0.335 e. The van der Waals surface area contributed by atoms with E-state index in [1.54, 1.807) is 0 Å². The average molecular weight is 1090 g/mol. The number of rotatable bonds is 11. The van der Waals surface area contributed by atoms with Gasteiger partial charge in [0.15, 0.2) is 31.3 Å². The van der Waals surface area contributed by atoms with Crippen molar-refractivity contribution in [2.24, 2.45) is 50.2 Å². The minimum atomic E-state index is -2.06. The molecular weight excluding hydrogens is 1000 g/mol. The lowest BCUT2D eigenvalue weighted by molar-refractivity contribution is -0.395. The number of allylic oxidation sites excluding steroid dienone is 2. The predicted molar refractivity (Wildman–Crippen MR) is 262 cm³/mol. The molecule has 22 heteroatoms. The highest BCUT2D eigenvalue weighted by molar-refractivity contribution is 5.73. The number of aliphatic hydroxyl groups is 12. The van der Waals surface area contributed by atoms with Crippen LogP contribution in [0.2, 0.25) is 0 Å². The molecule has 436 valence electrons. The van der Waals surface area contributed by atoms with E-state index >= 15 is 0 Å². The van der Waals surface area contributed by atoms with Gasteiger partial charge in [0, 0.05) is 5.41 Å². The SMILES string of the molecule is C[C@@H]1O[C@@H](O[C@H]2[C@H](O[C@H]3[C@H](O[C@H]4CC[C@]5(C)[C@H]6CC=C7[C@@H]8CC(C)(C)C[C@@H](O[C@@H]9O[C@H](CO)[C@@H](O)[C@H](O)[C@H]9O)[C@]8(C)CC[C@@]7(C)[C@]6(C)CC[C@H]5C4(C)C)O[C@H](C(=O)O)[C@@H](O)[C@@H]3O)O[C@H](CO)[C@H](O)[C@@H]2O)[C@H](O)[C@H](O)[C@H]1O. The van der Waals surface area contributed by atoms with E-state index in [0.29, 0.717) is 19.3 Å². The standard InChI is InChI=1S/C54H88O22/c1-22-31(57)34(60)39(65)45(69-22)75-42-36(62)33(59)26(21-56)71-47(42)76-43-38(64)37(63)41(44(67)68)74-48(43)72-29-13-14-52(7)27(50(29,4)5)12-15-54(9)28(52)11-10-23-24-18-49(2,3)19-30(51(24,6)16-17-53(23,54)8)73-46-40(66)35(61)32(58)25(20-55)70-46/h10,22,24-43,45-48,55-66H,11-21H2,1-9H3,(H,67,68)/t22-,24-,25+,26+,27-,28+,29-,30+,31-,32+,33-,34+,35-,36-,37-,38-,39+,40+,41-,42+,43+,45-,46-,47-,48+,51+,52-,53+,54+/m0/s1. The summed E-state index contributed by atoms with van der Waals surface area (Å²) in [5.74, 6) is -1.14.